The van der Waals surface area contributed by atoms with Crippen LogP contribution in [-0.2, 0) is 11.8 Å². The topological polar surface area (TPSA) is 69.3 Å². The van der Waals surface area contributed by atoms with E-state index in [9.17, 15) is 9.90 Å². The third-order valence-electron chi connectivity index (χ3n) is 4.48. The van der Waals surface area contributed by atoms with Crippen LogP contribution in [0.4, 0.5) is 0 Å². The number of aromatic nitrogens is 3. The van der Waals surface area contributed by atoms with E-state index >= 15 is 0 Å². The molecular formula is C21H25N3O3. The Balaban J connectivity index is 2.21. The fraction of sp³-hybridized carbons (Fsp3) is 0.333. The van der Waals surface area contributed by atoms with Crippen LogP contribution >= 0.6 is 0 Å². The van der Waals surface area contributed by atoms with E-state index in [1.54, 1.807) is 10.8 Å². The number of ether oxygens (including phenoxy) is 1. The maximum Gasteiger partial charge on any atom is 0.331 e. The van der Waals surface area contributed by atoms with Crippen molar-refractivity contribution >= 4 is 22.9 Å². The Morgan fingerprint density at radius 1 is 1.33 bits per heavy atom. The summed E-state index contributed by atoms with van der Waals surface area (Å²) >= 11 is 0. The van der Waals surface area contributed by atoms with E-state index in [4.69, 9.17) is 4.74 Å². The molecule has 27 heavy (non-hydrogen) atoms. The first-order valence-electron chi connectivity index (χ1n) is 9.07. The molecule has 142 valence electrons. The average molecular weight is 367 g/mol. The fourth-order valence-corrected chi connectivity index (χ4v) is 3.24. The second kappa shape index (κ2) is 7.31. The predicted molar refractivity (Wildman–Crippen MR) is 106 cm³/mol. The minimum Gasteiger partial charge on any atom is -0.491 e. The first kappa shape index (κ1) is 18.8. The quantitative estimate of drug-likeness (QED) is 0.658. The van der Waals surface area contributed by atoms with Crippen LogP contribution in [0.25, 0.3) is 22.8 Å². The molecule has 0 atom stereocenters. The number of benzene rings is 1. The molecule has 0 saturated carbocycles. The van der Waals surface area contributed by atoms with Crippen molar-refractivity contribution in [3.05, 3.63) is 47.3 Å². The molecule has 2 heterocycles. The normalized spacial score (nSPS) is 12.1. The Morgan fingerprint density at radius 3 is 2.70 bits per heavy atom. The van der Waals surface area contributed by atoms with Gasteiger partial charge in [0.05, 0.1) is 17.3 Å². The van der Waals surface area contributed by atoms with Crippen LogP contribution in [-0.4, -0.2) is 31.5 Å². The van der Waals surface area contributed by atoms with E-state index in [0.717, 1.165) is 33.7 Å². The first-order valence-corrected chi connectivity index (χ1v) is 9.07. The van der Waals surface area contributed by atoms with Crippen molar-refractivity contribution in [2.45, 2.75) is 40.2 Å². The van der Waals surface area contributed by atoms with Crippen LogP contribution in [0.3, 0.4) is 0 Å². The summed E-state index contributed by atoms with van der Waals surface area (Å²) in [4.78, 5) is 11.5. The second-order valence-electron chi connectivity index (χ2n) is 6.85. The van der Waals surface area contributed by atoms with Gasteiger partial charge in [0.1, 0.15) is 11.6 Å². The zero-order chi connectivity index (χ0) is 19.7. The molecule has 0 amide bonds. The number of carboxylic acid groups (broad SMARTS) is 1. The molecule has 0 spiro atoms. The van der Waals surface area contributed by atoms with Crippen molar-refractivity contribution in [1.82, 2.24) is 14.3 Å². The molecule has 6 heteroatoms. The number of nitrogens with zero attached hydrogens (tertiary/aromatic N) is 3. The number of hydrogen-bond acceptors (Lipinski definition) is 3. The Kier molecular flexibility index (Phi) is 5.08. The lowest BCUT2D eigenvalue weighted by Crippen LogP contribution is -2.06. The average Bonchev–Trinajstić information content (AvgIpc) is 3.11. The van der Waals surface area contributed by atoms with Gasteiger partial charge in [0.2, 0.25) is 0 Å². The first-order chi connectivity index (χ1) is 12.8. The predicted octanol–water partition coefficient (Wildman–Crippen LogP) is 4.34. The van der Waals surface area contributed by atoms with Crippen LogP contribution < -0.4 is 4.74 Å². The van der Waals surface area contributed by atoms with Crippen LogP contribution in [0, 0.1) is 6.92 Å². The number of aryl methyl sites for hydroxylation is 2. The SMILES string of the molecule is CCC(=Cc1c(C)nn(C)c1-n1ccc2ccc(OC(C)C)cc21)C(=O)O. The summed E-state index contributed by atoms with van der Waals surface area (Å²) in [6.45, 7) is 7.72. The Hall–Kier alpha value is -3.02. The smallest absolute Gasteiger partial charge is 0.331 e. The number of aliphatic carboxylic acids is 1. The van der Waals surface area contributed by atoms with E-state index in [2.05, 4.69) is 5.10 Å². The summed E-state index contributed by atoms with van der Waals surface area (Å²) in [5.41, 5.74) is 2.94. The molecule has 0 aliphatic carbocycles. The van der Waals surface area contributed by atoms with Crippen LogP contribution in [0.5, 0.6) is 5.75 Å². The van der Waals surface area contributed by atoms with E-state index in [-0.39, 0.29) is 6.10 Å². The van der Waals surface area contributed by atoms with Gasteiger partial charge in [0, 0.05) is 35.8 Å². The highest BCUT2D eigenvalue weighted by Gasteiger charge is 2.17. The van der Waals surface area contributed by atoms with Gasteiger partial charge in [-0.3, -0.25) is 4.68 Å². The van der Waals surface area contributed by atoms with E-state index in [1.165, 1.54) is 0 Å². The molecule has 3 aromatic rings. The van der Waals surface area contributed by atoms with Crippen molar-refractivity contribution in [2.75, 3.05) is 0 Å². The van der Waals surface area contributed by atoms with Gasteiger partial charge in [-0.1, -0.05) is 6.92 Å². The van der Waals surface area contributed by atoms with Crippen LogP contribution in [0.15, 0.2) is 36.0 Å². The molecule has 0 bridgehead atoms. The number of hydrogen-bond donors (Lipinski definition) is 1. The molecule has 3 rings (SSSR count). The molecule has 1 aromatic carbocycles. The molecule has 2 aromatic heterocycles. The van der Waals surface area contributed by atoms with E-state index in [1.807, 2.05) is 69.8 Å². The maximum absolute atomic E-state index is 11.5. The zero-order valence-electron chi connectivity index (χ0n) is 16.4. The molecule has 0 radical (unpaired) electrons. The maximum atomic E-state index is 11.5. The van der Waals surface area contributed by atoms with Crippen molar-refractivity contribution in [3.63, 3.8) is 0 Å². The highest BCUT2D eigenvalue weighted by molar-refractivity contribution is 5.93. The highest BCUT2D eigenvalue weighted by Crippen LogP contribution is 2.29. The fourth-order valence-electron chi connectivity index (χ4n) is 3.24. The summed E-state index contributed by atoms with van der Waals surface area (Å²) in [5, 5.41) is 15.0. The van der Waals surface area contributed by atoms with Crippen LogP contribution in [0.1, 0.15) is 38.4 Å². The van der Waals surface area contributed by atoms with E-state index in [0.29, 0.717) is 12.0 Å². The highest BCUT2D eigenvalue weighted by atomic mass is 16.5. The van der Waals surface area contributed by atoms with Gasteiger partial charge in [-0.25, -0.2) is 4.79 Å². The molecule has 1 N–H and O–H groups in total. The van der Waals surface area contributed by atoms with Gasteiger partial charge in [0.15, 0.2) is 0 Å². The summed E-state index contributed by atoms with van der Waals surface area (Å²) in [7, 11) is 1.87. The number of fused-ring (bicyclic) bond motifs is 1. The molecule has 0 unspecified atom stereocenters. The minimum atomic E-state index is -0.906. The van der Waals surface area contributed by atoms with E-state index < -0.39 is 5.97 Å². The second-order valence-corrected chi connectivity index (χ2v) is 6.85. The van der Waals surface area contributed by atoms with Crippen molar-refractivity contribution < 1.29 is 14.6 Å². The zero-order valence-corrected chi connectivity index (χ0v) is 16.4. The Morgan fingerprint density at radius 2 is 2.07 bits per heavy atom. The lowest BCUT2D eigenvalue weighted by Gasteiger charge is -2.12. The summed E-state index contributed by atoms with van der Waals surface area (Å²) in [6.07, 6.45) is 4.23. The van der Waals surface area contributed by atoms with Gasteiger partial charge < -0.3 is 14.4 Å². The molecule has 0 fully saturated rings. The van der Waals surface area contributed by atoms with Crippen LogP contribution in [0.2, 0.25) is 0 Å². The largest absolute Gasteiger partial charge is 0.491 e. The monoisotopic (exact) mass is 367 g/mol. The van der Waals surface area contributed by atoms with Gasteiger partial charge in [0.25, 0.3) is 0 Å². The van der Waals surface area contributed by atoms with Crippen molar-refractivity contribution in [3.8, 4) is 11.6 Å². The number of carboxylic acids is 1. The summed E-state index contributed by atoms with van der Waals surface area (Å²) < 4.78 is 9.65. The van der Waals surface area contributed by atoms with Crippen molar-refractivity contribution in [2.24, 2.45) is 7.05 Å². The summed E-state index contributed by atoms with van der Waals surface area (Å²) in [5.74, 6) is 0.723. The Bertz CT molecular complexity index is 1020. The summed E-state index contributed by atoms with van der Waals surface area (Å²) in [6, 6.07) is 8.02. The van der Waals surface area contributed by atoms with Gasteiger partial charge >= 0.3 is 5.97 Å². The molecule has 0 aliphatic rings. The van der Waals surface area contributed by atoms with Gasteiger partial charge in [-0.2, -0.15) is 5.10 Å². The van der Waals surface area contributed by atoms with Gasteiger partial charge in [-0.15, -0.1) is 0 Å². The molecule has 6 nitrogen and oxygen atoms in total. The minimum absolute atomic E-state index is 0.0889. The third kappa shape index (κ3) is 3.60. The lowest BCUT2D eigenvalue weighted by molar-refractivity contribution is -0.132. The molecule has 0 aliphatic heterocycles. The Labute approximate surface area is 158 Å². The van der Waals surface area contributed by atoms with Gasteiger partial charge in [-0.05, 0) is 51.5 Å². The third-order valence-corrected chi connectivity index (χ3v) is 4.48. The molecular weight excluding hydrogens is 342 g/mol. The van der Waals surface area contributed by atoms with Crippen molar-refractivity contribution in [1.29, 1.82) is 0 Å². The number of carbonyl (C=O) groups is 1. The number of rotatable bonds is 6. The molecule has 0 saturated heterocycles. The lowest BCUT2D eigenvalue weighted by atomic mass is 10.1. The standard InChI is InChI=1S/C21H25N3O3/c1-6-15(21(25)26)11-18-14(4)22-23(5)20(18)24-10-9-16-7-8-17(12-19(16)24)27-13(2)3/h7-13H,6H2,1-5H3,(H,25,26).